The highest BCUT2D eigenvalue weighted by molar-refractivity contribution is 5.85. The number of carbonyl (C=O) groups excluding carboxylic acids is 1. The number of nitrogens with zero attached hydrogens (tertiary/aromatic N) is 1. The van der Waals surface area contributed by atoms with Gasteiger partial charge in [0.2, 0.25) is 5.91 Å². The summed E-state index contributed by atoms with van der Waals surface area (Å²) in [4.78, 5) is 13.3. The van der Waals surface area contributed by atoms with E-state index >= 15 is 0 Å². The molecule has 0 saturated carbocycles. The molecule has 1 rings (SSSR count). The fourth-order valence-corrected chi connectivity index (χ4v) is 1.64. The lowest BCUT2D eigenvalue weighted by Crippen LogP contribution is -2.33. The molecule has 0 aromatic heterocycles. The first-order chi connectivity index (χ1) is 8.52. The standard InChI is InChI=1S/C14H22N2O2.ClH/c1-11(2)18-13-7-5-6-12(8-13)10-16(4)14(17)9-15-3;/h5-8,11,15H,9-10H2,1-4H3;1H. The molecule has 0 atom stereocenters. The van der Waals surface area contributed by atoms with Gasteiger partial charge in [0.15, 0.2) is 0 Å². The lowest BCUT2D eigenvalue weighted by Gasteiger charge is -2.18. The summed E-state index contributed by atoms with van der Waals surface area (Å²) >= 11 is 0. The van der Waals surface area contributed by atoms with E-state index in [4.69, 9.17) is 4.74 Å². The third-order valence-corrected chi connectivity index (χ3v) is 2.44. The monoisotopic (exact) mass is 286 g/mol. The van der Waals surface area contributed by atoms with E-state index in [0.29, 0.717) is 13.1 Å². The van der Waals surface area contributed by atoms with Crippen LogP contribution in [0.25, 0.3) is 0 Å². The minimum Gasteiger partial charge on any atom is -0.491 e. The zero-order valence-electron chi connectivity index (χ0n) is 12.0. The molecule has 0 radical (unpaired) electrons. The summed E-state index contributed by atoms with van der Waals surface area (Å²) in [7, 11) is 3.57. The quantitative estimate of drug-likeness (QED) is 0.870. The lowest BCUT2D eigenvalue weighted by molar-refractivity contribution is -0.129. The van der Waals surface area contributed by atoms with Gasteiger partial charge in [-0.05, 0) is 38.6 Å². The molecule has 0 unspecified atom stereocenters. The topological polar surface area (TPSA) is 41.6 Å². The molecule has 0 aliphatic heterocycles. The third kappa shape index (κ3) is 6.45. The van der Waals surface area contributed by atoms with Gasteiger partial charge in [-0.3, -0.25) is 4.79 Å². The Morgan fingerprint density at radius 1 is 1.42 bits per heavy atom. The van der Waals surface area contributed by atoms with Gasteiger partial charge in [0.25, 0.3) is 0 Å². The van der Waals surface area contributed by atoms with Gasteiger partial charge in [-0.2, -0.15) is 0 Å². The maximum atomic E-state index is 11.6. The van der Waals surface area contributed by atoms with Gasteiger partial charge in [-0.1, -0.05) is 12.1 Å². The van der Waals surface area contributed by atoms with Crippen molar-refractivity contribution < 1.29 is 9.53 Å². The molecule has 1 aromatic carbocycles. The van der Waals surface area contributed by atoms with Crippen molar-refractivity contribution in [2.75, 3.05) is 20.6 Å². The first-order valence-corrected chi connectivity index (χ1v) is 6.17. The summed E-state index contributed by atoms with van der Waals surface area (Å²) in [6.07, 6.45) is 0.156. The van der Waals surface area contributed by atoms with Gasteiger partial charge in [0.05, 0.1) is 12.6 Å². The number of rotatable bonds is 6. The van der Waals surface area contributed by atoms with E-state index < -0.39 is 0 Å². The van der Waals surface area contributed by atoms with E-state index in [1.54, 1.807) is 19.0 Å². The molecule has 1 aromatic rings. The van der Waals surface area contributed by atoms with Crippen LogP contribution in [0.5, 0.6) is 5.75 Å². The van der Waals surface area contributed by atoms with Crippen LogP contribution in [0.2, 0.25) is 0 Å². The average molecular weight is 287 g/mol. The minimum atomic E-state index is 0. The van der Waals surface area contributed by atoms with Crippen molar-refractivity contribution in [1.29, 1.82) is 0 Å². The van der Waals surface area contributed by atoms with Gasteiger partial charge in [0.1, 0.15) is 5.75 Å². The third-order valence-electron chi connectivity index (χ3n) is 2.44. The van der Waals surface area contributed by atoms with Crippen molar-refractivity contribution in [2.45, 2.75) is 26.5 Å². The maximum absolute atomic E-state index is 11.6. The molecule has 0 aliphatic rings. The van der Waals surface area contributed by atoms with E-state index in [1.165, 1.54) is 0 Å². The van der Waals surface area contributed by atoms with Crippen LogP contribution in [0.3, 0.4) is 0 Å². The summed E-state index contributed by atoms with van der Waals surface area (Å²) in [5, 5.41) is 2.86. The molecule has 108 valence electrons. The minimum absolute atomic E-state index is 0. The molecule has 0 fully saturated rings. The molecule has 1 N–H and O–H groups in total. The Labute approximate surface area is 121 Å². The van der Waals surface area contributed by atoms with E-state index in [2.05, 4.69) is 5.32 Å². The molecule has 0 saturated heterocycles. The van der Waals surface area contributed by atoms with Gasteiger partial charge in [0, 0.05) is 13.6 Å². The van der Waals surface area contributed by atoms with E-state index in [-0.39, 0.29) is 24.4 Å². The van der Waals surface area contributed by atoms with Gasteiger partial charge >= 0.3 is 0 Å². The largest absolute Gasteiger partial charge is 0.491 e. The number of halogens is 1. The smallest absolute Gasteiger partial charge is 0.236 e. The number of hydrogen-bond donors (Lipinski definition) is 1. The predicted molar refractivity (Wildman–Crippen MR) is 79.9 cm³/mol. The Hall–Kier alpha value is -1.26. The lowest BCUT2D eigenvalue weighted by atomic mass is 10.2. The van der Waals surface area contributed by atoms with Crippen LogP contribution in [0.15, 0.2) is 24.3 Å². The number of hydrogen-bond acceptors (Lipinski definition) is 3. The maximum Gasteiger partial charge on any atom is 0.236 e. The Kier molecular flexibility index (Phi) is 8.19. The fourth-order valence-electron chi connectivity index (χ4n) is 1.64. The molecule has 19 heavy (non-hydrogen) atoms. The second-order valence-electron chi connectivity index (χ2n) is 4.59. The Morgan fingerprint density at radius 2 is 2.11 bits per heavy atom. The highest BCUT2D eigenvalue weighted by Crippen LogP contribution is 2.16. The van der Waals surface area contributed by atoms with Crippen molar-refractivity contribution >= 4 is 18.3 Å². The molecule has 4 nitrogen and oxygen atoms in total. The Balaban J connectivity index is 0.00000324. The van der Waals surface area contributed by atoms with Crippen LogP contribution in [-0.4, -0.2) is 37.6 Å². The van der Waals surface area contributed by atoms with Crippen LogP contribution in [0, 0.1) is 0 Å². The van der Waals surface area contributed by atoms with Gasteiger partial charge < -0.3 is 15.0 Å². The highest BCUT2D eigenvalue weighted by atomic mass is 35.5. The summed E-state index contributed by atoms with van der Waals surface area (Å²) < 4.78 is 5.63. The number of amides is 1. The second-order valence-corrected chi connectivity index (χ2v) is 4.59. The number of benzene rings is 1. The molecule has 0 spiro atoms. The SMILES string of the molecule is CNCC(=O)N(C)Cc1cccc(OC(C)C)c1.Cl. The Bertz CT molecular complexity index is 397. The first kappa shape index (κ1) is 17.7. The zero-order valence-corrected chi connectivity index (χ0v) is 12.8. The van der Waals surface area contributed by atoms with Crippen molar-refractivity contribution in [3.63, 3.8) is 0 Å². The molecule has 0 bridgehead atoms. The van der Waals surface area contributed by atoms with Crippen LogP contribution >= 0.6 is 12.4 Å². The molecule has 0 heterocycles. The molecule has 0 aliphatic carbocycles. The van der Waals surface area contributed by atoms with Crippen molar-refractivity contribution in [3.05, 3.63) is 29.8 Å². The Morgan fingerprint density at radius 3 is 2.68 bits per heavy atom. The summed E-state index contributed by atoms with van der Waals surface area (Å²) in [5.74, 6) is 0.921. The van der Waals surface area contributed by atoms with Crippen molar-refractivity contribution in [1.82, 2.24) is 10.2 Å². The molecule has 5 heteroatoms. The summed E-state index contributed by atoms with van der Waals surface area (Å²) in [5.41, 5.74) is 1.07. The van der Waals surface area contributed by atoms with Crippen LogP contribution in [0.1, 0.15) is 19.4 Å². The number of carbonyl (C=O) groups is 1. The van der Waals surface area contributed by atoms with Crippen LogP contribution in [0.4, 0.5) is 0 Å². The highest BCUT2D eigenvalue weighted by Gasteiger charge is 2.08. The fraction of sp³-hybridized carbons (Fsp3) is 0.500. The number of likely N-dealkylation sites (N-methyl/N-ethyl adjacent to an activating group) is 2. The molecular weight excluding hydrogens is 264 g/mol. The number of nitrogens with one attached hydrogen (secondary N) is 1. The van der Waals surface area contributed by atoms with E-state index in [9.17, 15) is 4.79 Å². The van der Waals surface area contributed by atoms with Crippen LogP contribution in [-0.2, 0) is 11.3 Å². The van der Waals surface area contributed by atoms with Crippen LogP contribution < -0.4 is 10.1 Å². The average Bonchev–Trinajstić information content (AvgIpc) is 2.28. The van der Waals surface area contributed by atoms with Gasteiger partial charge in [-0.25, -0.2) is 0 Å². The van der Waals surface area contributed by atoms with Gasteiger partial charge in [-0.15, -0.1) is 12.4 Å². The van der Waals surface area contributed by atoms with E-state index in [0.717, 1.165) is 11.3 Å². The molecule has 1 amide bonds. The van der Waals surface area contributed by atoms with Crippen molar-refractivity contribution in [3.8, 4) is 5.75 Å². The molecular formula is C14H23ClN2O2. The summed E-state index contributed by atoms with van der Waals surface area (Å²) in [6, 6.07) is 7.85. The predicted octanol–water partition coefficient (Wildman–Crippen LogP) is 2.07. The normalized spacial score (nSPS) is 9.95. The first-order valence-electron chi connectivity index (χ1n) is 6.17. The van der Waals surface area contributed by atoms with Crippen molar-refractivity contribution in [2.24, 2.45) is 0 Å². The zero-order chi connectivity index (χ0) is 13.5. The second kappa shape index (κ2) is 8.77. The van der Waals surface area contributed by atoms with E-state index in [1.807, 2.05) is 38.1 Å². The summed E-state index contributed by atoms with van der Waals surface area (Å²) in [6.45, 7) is 4.94. The number of ether oxygens (including phenoxy) is 1.